The molecule has 0 radical (unpaired) electrons. The van der Waals surface area contributed by atoms with Gasteiger partial charge in [-0.3, -0.25) is 4.89 Å². The third-order valence-electron chi connectivity index (χ3n) is 3.62. The second-order valence-corrected chi connectivity index (χ2v) is 5.06. The molecular formula is C16H9F3O5. The number of benzene rings is 2. The van der Waals surface area contributed by atoms with Crippen LogP contribution < -0.4 is 4.89 Å². The van der Waals surface area contributed by atoms with Gasteiger partial charge in [-0.05, 0) is 22.8 Å². The second-order valence-electron chi connectivity index (χ2n) is 5.06. The number of carbonyl (C=O) groups excluding carboxylic acids is 1. The number of fused-ring (bicyclic) bond motifs is 3. The van der Waals surface area contributed by atoms with Crippen molar-refractivity contribution in [2.45, 2.75) is 12.6 Å². The summed E-state index contributed by atoms with van der Waals surface area (Å²) in [5.74, 6) is -4.48. The molecular weight excluding hydrogens is 329 g/mol. The number of hydrogen-bond donors (Lipinski definition) is 1. The van der Waals surface area contributed by atoms with E-state index in [0.29, 0.717) is 5.56 Å². The Bertz CT molecular complexity index is 842. The largest absolute Gasteiger partial charge is 0.473 e. The minimum atomic E-state index is -4.76. The number of rotatable bonds is 2. The highest BCUT2D eigenvalue weighted by Gasteiger charge is 2.39. The fourth-order valence-corrected chi connectivity index (χ4v) is 2.62. The molecule has 0 heterocycles. The molecule has 0 spiro atoms. The van der Waals surface area contributed by atoms with Gasteiger partial charge in [0.2, 0.25) is 0 Å². The van der Waals surface area contributed by atoms with E-state index in [4.69, 9.17) is 5.11 Å². The normalized spacial score (nSPS) is 12.3. The molecule has 2 aromatic rings. The van der Waals surface area contributed by atoms with Crippen molar-refractivity contribution in [2.24, 2.45) is 0 Å². The number of carboxylic acids is 1. The summed E-state index contributed by atoms with van der Waals surface area (Å²) in [5.41, 5.74) is 1.09. The van der Waals surface area contributed by atoms with Gasteiger partial charge in [-0.25, -0.2) is 14.5 Å². The molecule has 0 bridgehead atoms. The fraction of sp³-hybridized carbons (Fsp3) is 0.125. The Labute approximate surface area is 133 Å². The molecule has 24 heavy (non-hydrogen) atoms. The summed E-state index contributed by atoms with van der Waals surface area (Å²) in [4.78, 5) is 29.9. The number of alkyl halides is 3. The molecule has 124 valence electrons. The average Bonchev–Trinajstić information content (AvgIpc) is 2.90. The van der Waals surface area contributed by atoms with E-state index in [1.165, 1.54) is 6.07 Å². The predicted molar refractivity (Wildman–Crippen MR) is 74.0 cm³/mol. The highest BCUT2D eigenvalue weighted by Crippen LogP contribution is 2.47. The third kappa shape index (κ3) is 2.66. The van der Waals surface area contributed by atoms with Crippen molar-refractivity contribution in [1.82, 2.24) is 0 Å². The summed E-state index contributed by atoms with van der Waals surface area (Å²) in [6, 6.07) is 9.13. The Morgan fingerprint density at radius 3 is 2.42 bits per heavy atom. The summed E-state index contributed by atoms with van der Waals surface area (Å²) in [6.45, 7) is 0. The van der Waals surface area contributed by atoms with E-state index in [-0.39, 0.29) is 12.0 Å². The molecule has 0 saturated carbocycles. The van der Waals surface area contributed by atoms with E-state index >= 15 is 0 Å². The molecule has 0 fully saturated rings. The predicted octanol–water partition coefficient (Wildman–Crippen LogP) is 3.20. The molecule has 1 aliphatic carbocycles. The molecule has 1 N–H and O–H groups in total. The Balaban J connectivity index is 2.08. The van der Waals surface area contributed by atoms with Gasteiger partial charge in [0.25, 0.3) is 0 Å². The van der Waals surface area contributed by atoms with Crippen molar-refractivity contribution >= 4 is 11.9 Å². The summed E-state index contributed by atoms with van der Waals surface area (Å²) in [6.07, 6.45) is -4.61. The quantitative estimate of drug-likeness (QED) is 0.441. The van der Waals surface area contributed by atoms with Gasteiger partial charge >= 0.3 is 18.1 Å². The van der Waals surface area contributed by atoms with E-state index < -0.39 is 29.4 Å². The molecule has 0 unspecified atom stereocenters. The molecule has 1 aliphatic rings. The van der Waals surface area contributed by atoms with Crippen LogP contribution in [0.25, 0.3) is 11.1 Å². The van der Waals surface area contributed by atoms with Crippen molar-refractivity contribution in [3.8, 4) is 16.9 Å². The van der Waals surface area contributed by atoms with Gasteiger partial charge in [0.05, 0.1) is 0 Å². The Kier molecular flexibility index (Phi) is 3.67. The first-order chi connectivity index (χ1) is 11.3. The maximum atomic E-state index is 13.2. The van der Waals surface area contributed by atoms with Gasteiger partial charge in [-0.2, -0.15) is 13.2 Å². The molecule has 0 atom stereocenters. The van der Waals surface area contributed by atoms with Crippen molar-refractivity contribution in [3.63, 3.8) is 0 Å². The summed E-state index contributed by atoms with van der Waals surface area (Å²) < 4.78 is 39.6. The maximum absolute atomic E-state index is 13.2. The van der Waals surface area contributed by atoms with Gasteiger partial charge in [-0.15, -0.1) is 0 Å². The van der Waals surface area contributed by atoms with Crippen LogP contribution in [0.1, 0.15) is 16.7 Å². The molecule has 8 heteroatoms. The van der Waals surface area contributed by atoms with E-state index in [9.17, 15) is 22.8 Å². The first-order valence-electron chi connectivity index (χ1n) is 6.72. The number of aliphatic carboxylic acids is 1. The number of carbonyl (C=O) groups is 2. The molecule has 2 aromatic carbocycles. The second kappa shape index (κ2) is 5.55. The van der Waals surface area contributed by atoms with Gasteiger partial charge in [0, 0.05) is 12.0 Å². The van der Waals surface area contributed by atoms with Crippen LogP contribution in [0.3, 0.4) is 0 Å². The lowest BCUT2D eigenvalue weighted by molar-refractivity contribution is -0.220. The van der Waals surface area contributed by atoms with Gasteiger partial charge in [0.1, 0.15) is 5.56 Å². The number of hydrogen-bond acceptors (Lipinski definition) is 4. The minimum Gasteiger partial charge on any atom is -0.473 e. The van der Waals surface area contributed by atoms with Gasteiger partial charge in [0.15, 0.2) is 5.75 Å². The lowest BCUT2D eigenvalue weighted by Gasteiger charge is -2.15. The minimum absolute atomic E-state index is 0.148. The number of carboxylic acid groups (broad SMARTS) is 1. The SMILES string of the molecule is O=C(O)C(=O)OOc1c(C(F)(F)F)ccc2c1Cc1ccccc1-2. The molecule has 5 nitrogen and oxygen atoms in total. The topological polar surface area (TPSA) is 72.8 Å². The number of halogens is 3. The van der Waals surface area contributed by atoms with Crippen LogP contribution in [0.4, 0.5) is 13.2 Å². The zero-order chi connectivity index (χ0) is 17.5. The van der Waals surface area contributed by atoms with Gasteiger partial charge < -0.3 is 5.11 Å². The highest BCUT2D eigenvalue weighted by atomic mass is 19.4. The Hall–Kier alpha value is -3.03. The van der Waals surface area contributed by atoms with E-state index in [1.54, 1.807) is 24.3 Å². The molecule has 0 aromatic heterocycles. The molecule has 0 aliphatic heterocycles. The van der Waals surface area contributed by atoms with Crippen molar-refractivity contribution in [2.75, 3.05) is 0 Å². The molecule has 3 rings (SSSR count). The first kappa shape index (κ1) is 15.9. The van der Waals surface area contributed by atoms with Crippen molar-refractivity contribution < 1.29 is 37.6 Å². The van der Waals surface area contributed by atoms with E-state index in [0.717, 1.165) is 17.2 Å². The van der Waals surface area contributed by atoms with Crippen LogP contribution in [0, 0.1) is 0 Å². The van der Waals surface area contributed by atoms with Crippen LogP contribution in [0.2, 0.25) is 0 Å². The van der Waals surface area contributed by atoms with Crippen LogP contribution in [0.5, 0.6) is 5.75 Å². The lowest BCUT2D eigenvalue weighted by atomic mass is 10.0. The highest BCUT2D eigenvalue weighted by molar-refractivity contribution is 6.28. The van der Waals surface area contributed by atoms with Gasteiger partial charge in [-0.1, -0.05) is 30.3 Å². The third-order valence-corrected chi connectivity index (χ3v) is 3.62. The summed E-state index contributed by atoms with van der Waals surface area (Å²) in [7, 11) is 0. The summed E-state index contributed by atoms with van der Waals surface area (Å²) >= 11 is 0. The van der Waals surface area contributed by atoms with Crippen molar-refractivity contribution in [3.05, 3.63) is 53.1 Å². The Morgan fingerprint density at radius 2 is 1.75 bits per heavy atom. The van der Waals surface area contributed by atoms with Crippen LogP contribution in [-0.4, -0.2) is 17.0 Å². The zero-order valence-corrected chi connectivity index (χ0v) is 11.9. The first-order valence-corrected chi connectivity index (χ1v) is 6.72. The van der Waals surface area contributed by atoms with E-state index in [2.05, 4.69) is 9.78 Å². The molecule has 0 saturated heterocycles. The zero-order valence-electron chi connectivity index (χ0n) is 11.9. The van der Waals surface area contributed by atoms with Crippen LogP contribution in [0.15, 0.2) is 36.4 Å². The Morgan fingerprint density at radius 1 is 1.04 bits per heavy atom. The monoisotopic (exact) mass is 338 g/mol. The lowest BCUT2D eigenvalue weighted by Crippen LogP contribution is -2.20. The van der Waals surface area contributed by atoms with Crippen LogP contribution >= 0.6 is 0 Å². The maximum Gasteiger partial charge on any atom is 0.462 e. The standard InChI is InChI=1S/C16H9F3O5/c17-16(18,19)12-6-5-10-9-4-2-1-3-8(9)7-11(10)13(12)23-24-15(22)14(20)21/h1-6H,7H2,(H,20,21). The smallest absolute Gasteiger partial charge is 0.462 e. The summed E-state index contributed by atoms with van der Waals surface area (Å²) in [5, 5.41) is 8.45. The van der Waals surface area contributed by atoms with Crippen molar-refractivity contribution in [1.29, 1.82) is 0 Å². The molecule has 0 amide bonds. The average molecular weight is 338 g/mol. The van der Waals surface area contributed by atoms with E-state index in [1.807, 2.05) is 0 Å². The van der Waals surface area contributed by atoms with Crippen LogP contribution in [-0.2, 0) is 27.1 Å². The fourth-order valence-electron chi connectivity index (χ4n) is 2.62.